The van der Waals surface area contributed by atoms with Crippen LogP contribution in [0.15, 0.2) is 40.8 Å². The van der Waals surface area contributed by atoms with Crippen LogP contribution in [0.5, 0.6) is 0 Å². The van der Waals surface area contributed by atoms with Gasteiger partial charge >= 0.3 is 0 Å². The van der Waals surface area contributed by atoms with Crippen LogP contribution in [0.2, 0.25) is 10.0 Å². The first kappa shape index (κ1) is 16.3. The van der Waals surface area contributed by atoms with E-state index in [0.29, 0.717) is 30.2 Å². The minimum Gasteiger partial charge on any atom is -0.440 e. The number of halogens is 2. The Labute approximate surface area is 144 Å². The predicted molar refractivity (Wildman–Crippen MR) is 93.3 cm³/mol. The van der Waals surface area contributed by atoms with Crippen molar-refractivity contribution in [1.82, 2.24) is 4.98 Å². The number of aryl methyl sites for hydroxylation is 3. The second kappa shape index (κ2) is 7.35. The van der Waals surface area contributed by atoms with Crippen LogP contribution in [0.1, 0.15) is 23.4 Å². The Hall–Kier alpha value is -1.55. The number of rotatable bonds is 6. The van der Waals surface area contributed by atoms with Crippen molar-refractivity contribution in [3.05, 3.63) is 63.5 Å². The third kappa shape index (κ3) is 3.86. The van der Waals surface area contributed by atoms with Crippen molar-refractivity contribution in [3.63, 3.8) is 0 Å². The van der Waals surface area contributed by atoms with Gasteiger partial charge in [0.1, 0.15) is 5.52 Å². The van der Waals surface area contributed by atoms with Gasteiger partial charge in [-0.2, -0.15) is 0 Å². The van der Waals surface area contributed by atoms with Gasteiger partial charge in [-0.15, -0.1) is 0 Å². The summed E-state index contributed by atoms with van der Waals surface area (Å²) in [6.07, 6.45) is 2.83. The quantitative estimate of drug-likeness (QED) is 0.692. The second-order valence-corrected chi connectivity index (χ2v) is 6.28. The lowest BCUT2D eigenvalue weighted by Gasteiger charge is -2.02. The Balaban J connectivity index is 1.83. The van der Waals surface area contributed by atoms with E-state index in [9.17, 15) is 0 Å². The molecule has 0 atom stereocenters. The molecule has 23 heavy (non-hydrogen) atoms. The molecule has 0 bridgehead atoms. The molecule has 1 heterocycles. The van der Waals surface area contributed by atoms with Gasteiger partial charge in [-0.3, -0.25) is 0 Å². The molecule has 0 saturated heterocycles. The van der Waals surface area contributed by atoms with Gasteiger partial charge in [0.05, 0.1) is 0 Å². The third-order valence-electron chi connectivity index (χ3n) is 3.75. The molecule has 0 aliphatic rings. The minimum absolute atomic E-state index is 0.140. The molecule has 2 aromatic carbocycles. The molecule has 0 saturated carbocycles. The lowest BCUT2D eigenvalue weighted by atomic mass is 10.1. The number of aromatic nitrogens is 1. The van der Waals surface area contributed by atoms with Gasteiger partial charge in [0.2, 0.25) is 0 Å². The maximum absolute atomic E-state index is 9.02. The summed E-state index contributed by atoms with van der Waals surface area (Å²) in [5.41, 5.74) is 3.59. The van der Waals surface area contributed by atoms with Gasteiger partial charge < -0.3 is 9.52 Å². The fraction of sp³-hybridized carbons (Fsp3) is 0.278. The van der Waals surface area contributed by atoms with Crippen LogP contribution < -0.4 is 0 Å². The van der Waals surface area contributed by atoms with Crippen molar-refractivity contribution in [1.29, 1.82) is 0 Å². The van der Waals surface area contributed by atoms with E-state index >= 15 is 0 Å². The van der Waals surface area contributed by atoms with E-state index in [1.807, 2.05) is 36.4 Å². The molecule has 120 valence electrons. The summed E-state index contributed by atoms with van der Waals surface area (Å²) in [5, 5.41) is 10.4. The van der Waals surface area contributed by atoms with Crippen molar-refractivity contribution < 1.29 is 9.52 Å². The molecule has 3 aromatic rings. The van der Waals surface area contributed by atoms with Gasteiger partial charge in [-0.1, -0.05) is 41.4 Å². The van der Waals surface area contributed by atoms with Crippen LogP contribution >= 0.6 is 23.2 Å². The van der Waals surface area contributed by atoms with Crippen LogP contribution in [0.4, 0.5) is 0 Å². The number of aliphatic hydroxyl groups is 1. The van der Waals surface area contributed by atoms with Crippen molar-refractivity contribution in [2.24, 2.45) is 0 Å². The molecule has 3 nitrogen and oxygen atoms in total. The molecule has 0 radical (unpaired) electrons. The van der Waals surface area contributed by atoms with Crippen molar-refractivity contribution in [3.8, 4) is 0 Å². The van der Waals surface area contributed by atoms with E-state index in [1.54, 1.807) is 0 Å². The van der Waals surface area contributed by atoms with E-state index in [1.165, 1.54) is 0 Å². The lowest BCUT2D eigenvalue weighted by Crippen LogP contribution is -1.92. The maximum Gasteiger partial charge on any atom is 0.195 e. The van der Waals surface area contributed by atoms with Crippen LogP contribution in [0.25, 0.3) is 11.1 Å². The molecule has 0 aliphatic carbocycles. The molecular formula is C18H17Cl2NO2. The standard InChI is InChI=1S/C18H17Cl2NO2/c19-14-10-13(5-3-9-22)18-16(11-14)21-17(23-18)8-7-12-4-1-2-6-15(12)20/h1-2,4,6,10-11,22H,3,5,7-9H2. The highest BCUT2D eigenvalue weighted by atomic mass is 35.5. The predicted octanol–water partition coefficient (Wildman–Crippen LogP) is 4.84. The monoisotopic (exact) mass is 349 g/mol. The SMILES string of the molecule is OCCCc1cc(Cl)cc2nc(CCc3ccccc3Cl)oc12. The molecule has 0 spiro atoms. The molecule has 3 rings (SSSR count). The maximum atomic E-state index is 9.02. The number of hydrogen-bond donors (Lipinski definition) is 1. The minimum atomic E-state index is 0.140. The largest absolute Gasteiger partial charge is 0.440 e. The Morgan fingerprint density at radius 2 is 1.83 bits per heavy atom. The van der Waals surface area contributed by atoms with E-state index in [-0.39, 0.29) is 6.61 Å². The summed E-state index contributed by atoms with van der Waals surface area (Å²) in [5.74, 6) is 0.674. The second-order valence-electron chi connectivity index (χ2n) is 5.44. The third-order valence-corrected chi connectivity index (χ3v) is 4.33. The number of hydrogen-bond acceptors (Lipinski definition) is 3. The normalized spacial score (nSPS) is 11.3. The summed E-state index contributed by atoms with van der Waals surface area (Å²) in [6, 6.07) is 11.5. The number of nitrogens with zero attached hydrogens (tertiary/aromatic N) is 1. The fourth-order valence-electron chi connectivity index (χ4n) is 2.62. The van der Waals surface area contributed by atoms with E-state index in [0.717, 1.165) is 33.7 Å². The van der Waals surface area contributed by atoms with E-state index < -0.39 is 0 Å². The number of fused-ring (bicyclic) bond motifs is 1. The zero-order chi connectivity index (χ0) is 16.2. The summed E-state index contributed by atoms with van der Waals surface area (Å²) in [4.78, 5) is 4.53. The summed E-state index contributed by atoms with van der Waals surface area (Å²) in [6.45, 7) is 0.140. The highest BCUT2D eigenvalue weighted by Crippen LogP contribution is 2.27. The van der Waals surface area contributed by atoms with Gasteiger partial charge in [-0.25, -0.2) is 4.98 Å². The van der Waals surface area contributed by atoms with E-state index in [4.69, 9.17) is 32.7 Å². The Morgan fingerprint density at radius 1 is 1.00 bits per heavy atom. The summed E-state index contributed by atoms with van der Waals surface area (Å²) in [7, 11) is 0. The van der Waals surface area contributed by atoms with Crippen LogP contribution in [0.3, 0.4) is 0 Å². The fourth-order valence-corrected chi connectivity index (χ4v) is 3.08. The van der Waals surface area contributed by atoms with Gasteiger partial charge in [0, 0.05) is 23.1 Å². The number of benzene rings is 2. The molecular weight excluding hydrogens is 333 g/mol. The average molecular weight is 350 g/mol. The Bertz CT molecular complexity index is 814. The molecule has 1 aromatic heterocycles. The molecule has 1 N–H and O–H groups in total. The van der Waals surface area contributed by atoms with Gasteiger partial charge in [0.15, 0.2) is 11.5 Å². The van der Waals surface area contributed by atoms with Crippen molar-refractivity contribution in [2.75, 3.05) is 6.61 Å². The number of oxazole rings is 1. The van der Waals surface area contributed by atoms with Crippen LogP contribution in [-0.2, 0) is 19.3 Å². The zero-order valence-electron chi connectivity index (χ0n) is 12.6. The first-order valence-electron chi connectivity index (χ1n) is 7.59. The van der Waals surface area contributed by atoms with Crippen LogP contribution in [0, 0.1) is 0 Å². The zero-order valence-corrected chi connectivity index (χ0v) is 14.1. The molecule has 0 amide bonds. The average Bonchev–Trinajstić information content (AvgIpc) is 2.94. The molecule has 0 fully saturated rings. The number of aliphatic hydroxyl groups excluding tert-OH is 1. The summed E-state index contributed by atoms with van der Waals surface area (Å²) < 4.78 is 5.92. The van der Waals surface area contributed by atoms with Gasteiger partial charge in [0.25, 0.3) is 0 Å². The first-order chi connectivity index (χ1) is 11.2. The van der Waals surface area contributed by atoms with Crippen molar-refractivity contribution in [2.45, 2.75) is 25.7 Å². The Kier molecular flexibility index (Phi) is 5.21. The molecule has 0 unspecified atom stereocenters. The first-order valence-corrected chi connectivity index (χ1v) is 8.35. The smallest absolute Gasteiger partial charge is 0.195 e. The van der Waals surface area contributed by atoms with Crippen molar-refractivity contribution >= 4 is 34.3 Å². The highest BCUT2D eigenvalue weighted by Gasteiger charge is 2.12. The Morgan fingerprint density at radius 3 is 2.61 bits per heavy atom. The van der Waals surface area contributed by atoms with Gasteiger partial charge in [-0.05, 0) is 48.6 Å². The highest BCUT2D eigenvalue weighted by molar-refractivity contribution is 6.31. The lowest BCUT2D eigenvalue weighted by molar-refractivity contribution is 0.288. The summed E-state index contributed by atoms with van der Waals surface area (Å²) >= 11 is 12.3. The molecule has 0 aliphatic heterocycles. The topological polar surface area (TPSA) is 46.3 Å². The van der Waals surface area contributed by atoms with Crippen LogP contribution in [-0.4, -0.2) is 16.7 Å². The molecule has 5 heteroatoms. The van der Waals surface area contributed by atoms with E-state index in [2.05, 4.69) is 4.98 Å².